The van der Waals surface area contributed by atoms with Crippen molar-refractivity contribution < 1.29 is 14.7 Å². The fraction of sp³-hybridized carbons (Fsp3) is 0.125. The van der Waals surface area contributed by atoms with Crippen LogP contribution in [0.2, 0.25) is 0 Å². The Labute approximate surface area is 110 Å². The van der Waals surface area contributed by atoms with Crippen molar-refractivity contribution in [3.8, 4) is 0 Å². The summed E-state index contributed by atoms with van der Waals surface area (Å²) in [7, 11) is 0. The van der Waals surface area contributed by atoms with Gasteiger partial charge in [-0.2, -0.15) is 0 Å². The standard InChI is InChI=1S/C16H12O3/c1-9-6-7-10(8-17)14-13(9)15(18)11-4-2-3-5-12(11)16(14)19/h2-7,17H,8H2,1H3. The molecule has 0 bridgehead atoms. The number of carbonyl (C=O) groups is 2. The minimum Gasteiger partial charge on any atom is -0.392 e. The molecule has 0 unspecified atom stereocenters. The summed E-state index contributed by atoms with van der Waals surface area (Å²) in [5.74, 6) is -0.323. The van der Waals surface area contributed by atoms with Gasteiger partial charge in [0.25, 0.3) is 0 Å². The molecule has 0 aliphatic heterocycles. The van der Waals surface area contributed by atoms with Gasteiger partial charge >= 0.3 is 0 Å². The number of ketones is 2. The lowest BCUT2D eigenvalue weighted by atomic mass is 9.80. The van der Waals surface area contributed by atoms with E-state index in [0.29, 0.717) is 27.8 Å². The van der Waals surface area contributed by atoms with Crippen LogP contribution in [-0.4, -0.2) is 16.7 Å². The first-order chi connectivity index (χ1) is 9.15. The maximum absolute atomic E-state index is 12.5. The van der Waals surface area contributed by atoms with Crippen molar-refractivity contribution in [3.63, 3.8) is 0 Å². The monoisotopic (exact) mass is 252 g/mol. The molecular formula is C16H12O3. The smallest absolute Gasteiger partial charge is 0.194 e. The Balaban J connectivity index is 2.38. The summed E-state index contributed by atoms with van der Waals surface area (Å²) in [5.41, 5.74) is 2.91. The van der Waals surface area contributed by atoms with Gasteiger partial charge < -0.3 is 5.11 Å². The summed E-state index contributed by atoms with van der Waals surface area (Å²) in [6.07, 6.45) is 0. The number of fused-ring (bicyclic) bond motifs is 2. The minimum absolute atomic E-state index is 0.141. The zero-order valence-corrected chi connectivity index (χ0v) is 10.4. The number of benzene rings is 2. The maximum Gasteiger partial charge on any atom is 0.194 e. The molecule has 2 aromatic rings. The molecule has 94 valence electrons. The molecule has 0 saturated carbocycles. The summed E-state index contributed by atoms with van der Waals surface area (Å²) >= 11 is 0. The third-order valence-corrected chi connectivity index (χ3v) is 3.54. The lowest BCUT2D eigenvalue weighted by Crippen LogP contribution is -2.23. The van der Waals surface area contributed by atoms with E-state index in [1.807, 2.05) is 0 Å². The molecule has 19 heavy (non-hydrogen) atoms. The third kappa shape index (κ3) is 1.55. The molecule has 1 aliphatic carbocycles. The fourth-order valence-electron chi connectivity index (χ4n) is 2.58. The average Bonchev–Trinajstić information content (AvgIpc) is 2.44. The van der Waals surface area contributed by atoms with Crippen LogP contribution in [0.1, 0.15) is 43.0 Å². The molecule has 0 aromatic heterocycles. The second-order valence-corrected chi connectivity index (χ2v) is 4.65. The predicted octanol–water partition coefficient (Wildman–Crippen LogP) is 2.26. The number of rotatable bonds is 1. The molecule has 2 aromatic carbocycles. The van der Waals surface area contributed by atoms with E-state index in [2.05, 4.69) is 0 Å². The van der Waals surface area contributed by atoms with Gasteiger partial charge in [0.15, 0.2) is 11.6 Å². The molecule has 3 nitrogen and oxygen atoms in total. The zero-order chi connectivity index (χ0) is 13.6. The van der Waals surface area contributed by atoms with E-state index in [9.17, 15) is 14.7 Å². The minimum atomic E-state index is -0.246. The van der Waals surface area contributed by atoms with Crippen LogP contribution >= 0.6 is 0 Å². The molecule has 1 aliphatic rings. The van der Waals surface area contributed by atoms with Crippen molar-refractivity contribution in [1.82, 2.24) is 0 Å². The first-order valence-electron chi connectivity index (χ1n) is 6.07. The van der Waals surface area contributed by atoms with Gasteiger partial charge in [-0.25, -0.2) is 0 Å². The van der Waals surface area contributed by atoms with E-state index in [1.54, 1.807) is 43.3 Å². The van der Waals surface area contributed by atoms with Crippen LogP contribution < -0.4 is 0 Å². The summed E-state index contributed by atoms with van der Waals surface area (Å²) < 4.78 is 0. The van der Waals surface area contributed by atoms with E-state index >= 15 is 0 Å². The Bertz CT molecular complexity index is 714. The molecule has 0 radical (unpaired) electrons. The van der Waals surface area contributed by atoms with Crippen LogP contribution in [0.3, 0.4) is 0 Å². The maximum atomic E-state index is 12.5. The number of carbonyl (C=O) groups excluding carboxylic acids is 2. The number of hydrogen-bond donors (Lipinski definition) is 1. The highest BCUT2D eigenvalue weighted by Gasteiger charge is 2.32. The molecule has 1 N–H and O–H groups in total. The molecule has 0 fully saturated rings. The molecule has 0 saturated heterocycles. The van der Waals surface area contributed by atoms with Crippen LogP contribution in [0, 0.1) is 6.92 Å². The van der Waals surface area contributed by atoms with E-state index in [-0.39, 0.29) is 18.2 Å². The summed E-state index contributed by atoms with van der Waals surface area (Å²) in [6.45, 7) is 1.56. The molecule has 3 heteroatoms. The Hall–Kier alpha value is -2.26. The van der Waals surface area contributed by atoms with Crippen molar-refractivity contribution in [2.24, 2.45) is 0 Å². The third-order valence-electron chi connectivity index (χ3n) is 3.54. The van der Waals surface area contributed by atoms with E-state index in [4.69, 9.17) is 0 Å². The van der Waals surface area contributed by atoms with Gasteiger partial charge in [-0.3, -0.25) is 9.59 Å². The number of aliphatic hydroxyl groups excluding tert-OH is 1. The van der Waals surface area contributed by atoms with E-state index < -0.39 is 0 Å². The van der Waals surface area contributed by atoms with Crippen LogP contribution in [0.25, 0.3) is 0 Å². The fourth-order valence-corrected chi connectivity index (χ4v) is 2.58. The largest absolute Gasteiger partial charge is 0.392 e. The highest BCUT2D eigenvalue weighted by atomic mass is 16.3. The normalized spacial score (nSPS) is 13.2. The quantitative estimate of drug-likeness (QED) is 0.722. The van der Waals surface area contributed by atoms with Crippen molar-refractivity contribution in [2.45, 2.75) is 13.5 Å². The lowest BCUT2D eigenvalue weighted by molar-refractivity contribution is 0.0976. The van der Waals surface area contributed by atoms with Gasteiger partial charge in [-0.15, -0.1) is 0 Å². The Kier molecular flexibility index (Phi) is 2.57. The Morgan fingerprint density at radius 3 is 2.05 bits per heavy atom. The average molecular weight is 252 g/mol. The van der Waals surface area contributed by atoms with E-state index in [0.717, 1.165) is 5.56 Å². The topological polar surface area (TPSA) is 54.4 Å². The van der Waals surface area contributed by atoms with Gasteiger partial charge in [0.05, 0.1) is 6.61 Å². The molecule has 0 amide bonds. The second-order valence-electron chi connectivity index (χ2n) is 4.65. The van der Waals surface area contributed by atoms with Crippen LogP contribution in [0.5, 0.6) is 0 Å². The summed E-state index contributed by atoms with van der Waals surface area (Å²) in [5, 5.41) is 9.37. The van der Waals surface area contributed by atoms with Gasteiger partial charge in [-0.1, -0.05) is 36.4 Å². The summed E-state index contributed by atoms with van der Waals surface area (Å²) in [4.78, 5) is 25.0. The highest BCUT2D eigenvalue weighted by Crippen LogP contribution is 2.31. The van der Waals surface area contributed by atoms with Crippen molar-refractivity contribution in [1.29, 1.82) is 0 Å². The molecule has 3 rings (SSSR count). The van der Waals surface area contributed by atoms with Gasteiger partial charge in [0, 0.05) is 22.3 Å². The number of hydrogen-bond acceptors (Lipinski definition) is 3. The lowest BCUT2D eigenvalue weighted by Gasteiger charge is -2.21. The molecule has 0 atom stereocenters. The van der Waals surface area contributed by atoms with Gasteiger partial charge in [0.1, 0.15) is 0 Å². The SMILES string of the molecule is Cc1ccc(CO)c2c1C(=O)c1ccccc1C2=O. The van der Waals surface area contributed by atoms with Crippen LogP contribution in [0.4, 0.5) is 0 Å². The second kappa shape index (κ2) is 4.14. The van der Waals surface area contributed by atoms with Crippen molar-refractivity contribution in [2.75, 3.05) is 0 Å². The van der Waals surface area contributed by atoms with Crippen molar-refractivity contribution >= 4 is 11.6 Å². The molecule has 0 spiro atoms. The number of aryl methyl sites for hydroxylation is 1. The Morgan fingerprint density at radius 2 is 1.47 bits per heavy atom. The van der Waals surface area contributed by atoms with Crippen LogP contribution in [-0.2, 0) is 6.61 Å². The van der Waals surface area contributed by atoms with Crippen LogP contribution in [0.15, 0.2) is 36.4 Å². The Morgan fingerprint density at radius 1 is 0.895 bits per heavy atom. The highest BCUT2D eigenvalue weighted by molar-refractivity contribution is 6.29. The predicted molar refractivity (Wildman–Crippen MR) is 70.4 cm³/mol. The van der Waals surface area contributed by atoms with Gasteiger partial charge in [0.2, 0.25) is 0 Å². The summed E-state index contributed by atoms with van der Waals surface area (Å²) in [6, 6.07) is 10.3. The van der Waals surface area contributed by atoms with Gasteiger partial charge in [-0.05, 0) is 18.1 Å². The zero-order valence-electron chi connectivity index (χ0n) is 10.4. The van der Waals surface area contributed by atoms with Crippen molar-refractivity contribution in [3.05, 3.63) is 69.8 Å². The first-order valence-corrected chi connectivity index (χ1v) is 6.07. The molecule has 0 heterocycles. The number of aliphatic hydroxyl groups is 1. The molecular weight excluding hydrogens is 240 g/mol. The van der Waals surface area contributed by atoms with E-state index in [1.165, 1.54) is 0 Å². The first kappa shape index (κ1) is 11.8.